The van der Waals surface area contributed by atoms with Gasteiger partial charge in [-0.2, -0.15) is 0 Å². The van der Waals surface area contributed by atoms with E-state index in [2.05, 4.69) is 62.3 Å². The predicted molar refractivity (Wildman–Crippen MR) is 77.9 cm³/mol. The highest BCUT2D eigenvalue weighted by atomic mass is 79.9. The first-order valence-corrected chi connectivity index (χ1v) is 7.47. The van der Waals surface area contributed by atoms with E-state index in [0.29, 0.717) is 0 Å². The molecule has 0 bridgehead atoms. The van der Waals surface area contributed by atoms with E-state index < -0.39 is 0 Å². The molecule has 0 amide bonds. The topological polar surface area (TPSA) is 12.0 Å². The Balaban J connectivity index is 2.23. The molecule has 0 heterocycles. The van der Waals surface area contributed by atoms with Crippen LogP contribution in [0.15, 0.2) is 27.1 Å². The summed E-state index contributed by atoms with van der Waals surface area (Å²) in [5.41, 5.74) is 1.39. The highest BCUT2D eigenvalue weighted by Crippen LogP contribution is 2.22. The molecule has 1 nitrogen and oxygen atoms in total. The Morgan fingerprint density at radius 2 is 1.94 bits per heavy atom. The van der Waals surface area contributed by atoms with E-state index in [1.54, 1.807) is 0 Å². The molecule has 0 atom stereocenters. The Kier molecular flexibility index (Phi) is 7.33. The zero-order chi connectivity index (χ0) is 11.8. The van der Waals surface area contributed by atoms with Gasteiger partial charge in [0.25, 0.3) is 0 Å². The van der Waals surface area contributed by atoms with Crippen LogP contribution in [0.2, 0.25) is 0 Å². The molecule has 0 unspecified atom stereocenters. The van der Waals surface area contributed by atoms with Crippen LogP contribution >= 0.6 is 31.9 Å². The Labute approximate surface area is 115 Å². The average Bonchev–Trinajstić information content (AvgIpc) is 2.28. The molecule has 0 aliphatic carbocycles. The van der Waals surface area contributed by atoms with Crippen LogP contribution in [0, 0.1) is 0 Å². The van der Waals surface area contributed by atoms with Gasteiger partial charge in [0.05, 0.1) is 0 Å². The SMILES string of the molecule is CCCNCCCCc1cc(Br)ccc1Br. The van der Waals surface area contributed by atoms with Crippen molar-refractivity contribution in [1.82, 2.24) is 5.32 Å². The van der Waals surface area contributed by atoms with E-state index in [0.717, 1.165) is 24.0 Å². The molecular formula is C13H19Br2N. The molecule has 0 radical (unpaired) electrons. The minimum atomic E-state index is 1.14. The quantitative estimate of drug-likeness (QED) is 0.713. The van der Waals surface area contributed by atoms with Crippen molar-refractivity contribution < 1.29 is 0 Å². The van der Waals surface area contributed by atoms with Gasteiger partial charge in [0.2, 0.25) is 0 Å². The van der Waals surface area contributed by atoms with Gasteiger partial charge < -0.3 is 5.32 Å². The van der Waals surface area contributed by atoms with Crippen LogP contribution in [-0.4, -0.2) is 13.1 Å². The molecule has 0 fully saturated rings. The van der Waals surface area contributed by atoms with Crippen LogP contribution in [0.4, 0.5) is 0 Å². The Morgan fingerprint density at radius 3 is 2.69 bits per heavy atom. The van der Waals surface area contributed by atoms with Crippen molar-refractivity contribution in [3.8, 4) is 0 Å². The van der Waals surface area contributed by atoms with E-state index in [1.807, 2.05) is 0 Å². The fourth-order valence-corrected chi connectivity index (χ4v) is 2.46. The van der Waals surface area contributed by atoms with Crippen molar-refractivity contribution in [2.24, 2.45) is 0 Å². The smallest absolute Gasteiger partial charge is 0.0208 e. The van der Waals surface area contributed by atoms with E-state index in [-0.39, 0.29) is 0 Å². The maximum Gasteiger partial charge on any atom is 0.0208 e. The summed E-state index contributed by atoms with van der Waals surface area (Å²) in [6.45, 7) is 4.48. The molecular weight excluding hydrogens is 330 g/mol. The van der Waals surface area contributed by atoms with Crippen LogP contribution in [0.25, 0.3) is 0 Å². The summed E-state index contributed by atoms with van der Waals surface area (Å²) >= 11 is 7.09. The Hall–Kier alpha value is 0.140. The number of halogens is 2. The molecule has 0 aliphatic rings. The normalized spacial score (nSPS) is 10.7. The molecule has 0 saturated carbocycles. The first-order chi connectivity index (χ1) is 7.74. The lowest BCUT2D eigenvalue weighted by atomic mass is 10.1. The summed E-state index contributed by atoms with van der Waals surface area (Å²) in [4.78, 5) is 0. The molecule has 0 aromatic heterocycles. The molecule has 0 saturated heterocycles. The summed E-state index contributed by atoms with van der Waals surface area (Å²) in [7, 11) is 0. The van der Waals surface area contributed by atoms with Crippen LogP contribution in [0.5, 0.6) is 0 Å². The standard InChI is InChI=1S/C13H19Br2N/c1-2-8-16-9-4-3-5-11-10-12(14)6-7-13(11)15/h6-7,10,16H,2-5,8-9H2,1H3. The molecule has 90 valence electrons. The van der Waals surface area contributed by atoms with Gasteiger partial charge in [0.15, 0.2) is 0 Å². The molecule has 0 spiro atoms. The highest BCUT2D eigenvalue weighted by Gasteiger charge is 2.00. The third kappa shape index (κ3) is 5.46. The second-order valence-corrected chi connectivity index (χ2v) is 5.71. The van der Waals surface area contributed by atoms with Crippen molar-refractivity contribution in [2.45, 2.75) is 32.6 Å². The number of benzene rings is 1. The fraction of sp³-hybridized carbons (Fsp3) is 0.538. The van der Waals surface area contributed by atoms with Crippen molar-refractivity contribution in [1.29, 1.82) is 0 Å². The van der Waals surface area contributed by atoms with Crippen molar-refractivity contribution >= 4 is 31.9 Å². The van der Waals surface area contributed by atoms with Crippen molar-refractivity contribution in [3.05, 3.63) is 32.7 Å². The number of hydrogen-bond acceptors (Lipinski definition) is 1. The number of rotatable bonds is 7. The monoisotopic (exact) mass is 347 g/mol. The minimum Gasteiger partial charge on any atom is -0.317 e. The summed E-state index contributed by atoms with van der Waals surface area (Å²) in [6.07, 6.45) is 4.86. The highest BCUT2D eigenvalue weighted by molar-refractivity contribution is 9.11. The lowest BCUT2D eigenvalue weighted by molar-refractivity contribution is 0.616. The largest absolute Gasteiger partial charge is 0.317 e. The second-order valence-electron chi connectivity index (χ2n) is 3.94. The van der Waals surface area contributed by atoms with Crippen LogP contribution in [0.3, 0.4) is 0 Å². The van der Waals surface area contributed by atoms with Crippen molar-refractivity contribution in [2.75, 3.05) is 13.1 Å². The summed E-state index contributed by atoms with van der Waals surface area (Å²) < 4.78 is 2.38. The third-order valence-electron chi connectivity index (χ3n) is 2.48. The number of unbranched alkanes of at least 4 members (excludes halogenated alkanes) is 1. The van der Waals surface area contributed by atoms with Gasteiger partial charge >= 0.3 is 0 Å². The van der Waals surface area contributed by atoms with Gasteiger partial charge in [-0.05, 0) is 62.5 Å². The van der Waals surface area contributed by atoms with Crippen LogP contribution < -0.4 is 5.32 Å². The maximum atomic E-state index is 3.59. The average molecular weight is 349 g/mol. The van der Waals surface area contributed by atoms with E-state index >= 15 is 0 Å². The fourth-order valence-electron chi connectivity index (χ4n) is 1.60. The van der Waals surface area contributed by atoms with Gasteiger partial charge in [0, 0.05) is 8.95 Å². The van der Waals surface area contributed by atoms with E-state index in [4.69, 9.17) is 0 Å². The second kappa shape index (κ2) is 8.26. The molecule has 3 heteroatoms. The third-order valence-corrected chi connectivity index (χ3v) is 3.75. The number of aryl methyl sites for hydroxylation is 1. The first-order valence-electron chi connectivity index (χ1n) is 5.88. The summed E-state index contributed by atoms with van der Waals surface area (Å²) in [6, 6.07) is 6.37. The minimum absolute atomic E-state index is 1.14. The van der Waals surface area contributed by atoms with Crippen molar-refractivity contribution in [3.63, 3.8) is 0 Å². The van der Waals surface area contributed by atoms with Crippen LogP contribution in [0.1, 0.15) is 31.7 Å². The van der Waals surface area contributed by atoms with Gasteiger partial charge in [0.1, 0.15) is 0 Å². The summed E-state index contributed by atoms with van der Waals surface area (Å²) in [5, 5.41) is 3.43. The molecule has 16 heavy (non-hydrogen) atoms. The molecule has 1 rings (SSSR count). The Morgan fingerprint density at radius 1 is 1.12 bits per heavy atom. The zero-order valence-electron chi connectivity index (χ0n) is 9.73. The molecule has 1 N–H and O–H groups in total. The van der Waals surface area contributed by atoms with Gasteiger partial charge in [-0.15, -0.1) is 0 Å². The zero-order valence-corrected chi connectivity index (χ0v) is 12.9. The number of hydrogen-bond donors (Lipinski definition) is 1. The van der Waals surface area contributed by atoms with E-state index in [1.165, 1.54) is 29.3 Å². The maximum absolute atomic E-state index is 3.59. The van der Waals surface area contributed by atoms with Gasteiger partial charge in [-0.1, -0.05) is 38.8 Å². The predicted octanol–water partition coefficient (Wildman–Crippen LogP) is 4.53. The lowest BCUT2D eigenvalue weighted by Crippen LogP contribution is -2.15. The molecule has 1 aromatic rings. The molecule has 1 aromatic carbocycles. The summed E-state index contributed by atoms with van der Waals surface area (Å²) in [5.74, 6) is 0. The molecule has 0 aliphatic heterocycles. The van der Waals surface area contributed by atoms with Crippen LogP contribution in [-0.2, 0) is 6.42 Å². The first kappa shape index (κ1) is 14.2. The van der Waals surface area contributed by atoms with Gasteiger partial charge in [-0.25, -0.2) is 0 Å². The Bertz CT molecular complexity index is 313. The lowest BCUT2D eigenvalue weighted by Gasteiger charge is -2.06. The number of nitrogens with one attached hydrogen (secondary N) is 1. The van der Waals surface area contributed by atoms with Gasteiger partial charge in [-0.3, -0.25) is 0 Å². The van der Waals surface area contributed by atoms with E-state index in [9.17, 15) is 0 Å².